The maximum atomic E-state index is 12.8. The van der Waals surface area contributed by atoms with Crippen LogP contribution in [0.5, 0.6) is 0 Å². The van der Waals surface area contributed by atoms with Crippen molar-refractivity contribution in [1.29, 1.82) is 0 Å². The Kier molecular flexibility index (Phi) is 6.07. The lowest BCUT2D eigenvalue weighted by atomic mass is 10.1. The SMILES string of the molecule is Cc1cccc(C)c1NC(=O)CN(C)C(=O)C1=NN(c2ccccc2)C(=O)CC1. The van der Waals surface area contributed by atoms with Gasteiger partial charge in [-0.25, -0.2) is 5.01 Å². The molecule has 0 bridgehead atoms. The van der Waals surface area contributed by atoms with Gasteiger partial charge in [0.1, 0.15) is 5.71 Å². The fourth-order valence-electron chi connectivity index (χ4n) is 3.18. The Morgan fingerprint density at radius 3 is 2.34 bits per heavy atom. The number of carbonyl (C=O) groups excluding carboxylic acids is 3. The van der Waals surface area contributed by atoms with Gasteiger partial charge in [0, 0.05) is 25.6 Å². The molecule has 1 aliphatic rings. The fraction of sp³-hybridized carbons (Fsp3) is 0.273. The maximum Gasteiger partial charge on any atom is 0.270 e. The number of nitrogens with zero attached hydrogens (tertiary/aromatic N) is 3. The number of amides is 3. The summed E-state index contributed by atoms with van der Waals surface area (Å²) in [6.45, 7) is 3.73. The Labute approximate surface area is 170 Å². The van der Waals surface area contributed by atoms with E-state index in [0.717, 1.165) is 16.8 Å². The Morgan fingerprint density at radius 1 is 1.03 bits per heavy atom. The van der Waals surface area contributed by atoms with Gasteiger partial charge in [-0.05, 0) is 37.1 Å². The number of rotatable bonds is 5. The van der Waals surface area contributed by atoms with Crippen LogP contribution in [-0.4, -0.2) is 41.9 Å². The summed E-state index contributed by atoms with van der Waals surface area (Å²) < 4.78 is 0. The zero-order valence-electron chi connectivity index (χ0n) is 16.8. The molecule has 0 unspecified atom stereocenters. The van der Waals surface area contributed by atoms with E-state index in [9.17, 15) is 14.4 Å². The Morgan fingerprint density at radius 2 is 1.69 bits per heavy atom. The predicted octanol–water partition coefficient (Wildman–Crippen LogP) is 2.88. The molecule has 1 aliphatic heterocycles. The molecule has 0 aromatic heterocycles. The number of hydrogen-bond donors (Lipinski definition) is 1. The molecule has 0 atom stereocenters. The summed E-state index contributed by atoms with van der Waals surface area (Å²) >= 11 is 0. The number of nitrogens with one attached hydrogen (secondary N) is 1. The van der Waals surface area contributed by atoms with Crippen molar-refractivity contribution in [2.45, 2.75) is 26.7 Å². The smallest absolute Gasteiger partial charge is 0.270 e. The van der Waals surface area contributed by atoms with Crippen molar-refractivity contribution >= 4 is 34.8 Å². The minimum Gasteiger partial charge on any atom is -0.331 e. The van der Waals surface area contributed by atoms with E-state index >= 15 is 0 Å². The van der Waals surface area contributed by atoms with Crippen LogP contribution in [0, 0.1) is 13.8 Å². The van der Waals surface area contributed by atoms with E-state index in [0.29, 0.717) is 5.69 Å². The summed E-state index contributed by atoms with van der Waals surface area (Å²) in [7, 11) is 1.55. The van der Waals surface area contributed by atoms with E-state index in [2.05, 4.69) is 10.4 Å². The molecule has 0 spiro atoms. The fourth-order valence-corrected chi connectivity index (χ4v) is 3.18. The Hall–Kier alpha value is -3.48. The minimum atomic E-state index is -0.366. The first-order chi connectivity index (χ1) is 13.9. The van der Waals surface area contributed by atoms with E-state index in [1.54, 1.807) is 31.3 Å². The molecule has 0 saturated carbocycles. The molecule has 0 aliphatic carbocycles. The molecule has 0 radical (unpaired) electrons. The Balaban J connectivity index is 1.69. The molecule has 2 aromatic carbocycles. The van der Waals surface area contributed by atoms with Gasteiger partial charge in [-0.15, -0.1) is 0 Å². The van der Waals surface area contributed by atoms with Crippen LogP contribution >= 0.6 is 0 Å². The molecule has 150 valence electrons. The number of hydrogen-bond acceptors (Lipinski definition) is 4. The molecular formula is C22H24N4O3. The zero-order chi connectivity index (χ0) is 21.0. The van der Waals surface area contributed by atoms with Crippen molar-refractivity contribution in [3.05, 3.63) is 59.7 Å². The largest absolute Gasteiger partial charge is 0.331 e. The van der Waals surface area contributed by atoms with Crippen molar-refractivity contribution in [1.82, 2.24) is 4.90 Å². The summed E-state index contributed by atoms with van der Waals surface area (Å²) in [6, 6.07) is 14.7. The molecule has 1 N–H and O–H groups in total. The van der Waals surface area contributed by atoms with Gasteiger partial charge in [0.05, 0.1) is 12.2 Å². The average molecular weight is 392 g/mol. The second-order valence-corrected chi connectivity index (χ2v) is 7.06. The van der Waals surface area contributed by atoms with Crippen LogP contribution in [0.2, 0.25) is 0 Å². The van der Waals surface area contributed by atoms with Gasteiger partial charge in [0.2, 0.25) is 11.8 Å². The van der Waals surface area contributed by atoms with Crippen LogP contribution in [0.15, 0.2) is 53.6 Å². The number of likely N-dealkylation sites (N-methyl/N-ethyl adjacent to an activating group) is 1. The molecule has 7 nitrogen and oxygen atoms in total. The number of carbonyl (C=O) groups is 3. The van der Waals surface area contributed by atoms with Gasteiger partial charge >= 0.3 is 0 Å². The summed E-state index contributed by atoms with van der Waals surface area (Å²) in [5, 5.41) is 8.37. The molecule has 1 heterocycles. The van der Waals surface area contributed by atoms with Crippen molar-refractivity contribution in [2.24, 2.45) is 5.10 Å². The van der Waals surface area contributed by atoms with Gasteiger partial charge in [0.15, 0.2) is 0 Å². The lowest BCUT2D eigenvalue weighted by molar-refractivity contribution is -0.128. The van der Waals surface area contributed by atoms with Crippen molar-refractivity contribution in [3.8, 4) is 0 Å². The molecule has 0 fully saturated rings. The molecule has 7 heteroatoms. The van der Waals surface area contributed by atoms with Crippen LogP contribution in [0.3, 0.4) is 0 Å². The molecule has 2 aromatic rings. The van der Waals surface area contributed by atoms with Crippen LogP contribution in [-0.2, 0) is 14.4 Å². The summed E-state index contributed by atoms with van der Waals surface area (Å²) in [6.07, 6.45) is 0.450. The van der Waals surface area contributed by atoms with Crippen molar-refractivity contribution < 1.29 is 14.4 Å². The third kappa shape index (κ3) is 4.68. The monoisotopic (exact) mass is 392 g/mol. The van der Waals surface area contributed by atoms with Crippen molar-refractivity contribution in [3.63, 3.8) is 0 Å². The van der Waals surface area contributed by atoms with E-state index in [-0.39, 0.29) is 42.8 Å². The lowest BCUT2D eigenvalue weighted by Crippen LogP contribution is -2.42. The van der Waals surface area contributed by atoms with Gasteiger partial charge in [-0.2, -0.15) is 5.10 Å². The second kappa shape index (κ2) is 8.68. The van der Waals surface area contributed by atoms with Crippen molar-refractivity contribution in [2.75, 3.05) is 23.9 Å². The summed E-state index contributed by atoms with van der Waals surface area (Å²) in [4.78, 5) is 38.8. The highest BCUT2D eigenvalue weighted by molar-refractivity contribution is 6.40. The summed E-state index contributed by atoms with van der Waals surface area (Å²) in [5.74, 6) is -0.816. The van der Waals surface area contributed by atoms with Gasteiger partial charge in [-0.3, -0.25) is 14.4 Å². The van der Waals surface area contributed by atoms with E-state index < -0.39 is 0 Å². The van der Waals surface area contributed by atoms with Gasteiger partial charge in [-0.1, -0.05) is 36.4 Å². The number of para-hydroxylation sites is 2. The van der Waals surface area contributed by atoms with Crippen LogP contribution in [0.4, 0.5) is 11.4 Å². The first kappa shape index (κ1) is 20.3. The topological polar surface area (TPSA) is 82.1 Å². The molecule has 3 rings (SSSR count). The number of aryl methyl sites for hydroxylation is 2. The highest BCUT2D eigenvalue weighted by Crippen LogP contribution is 2.21. The lowest BCUT2D eigenvalue weighted by Gasteiger charge is -2.25. The molecule has 0 saturated heterocycles. The predicted molar refractivity (Wildman–Crippen MR) is 113 cm³/mol. The third-order valence-electron chi connectivity index (χ3n) is 4.75. The zero-order valence-corrected chi connectivity index (χ0v) is 16.8. The number of benzene rings is 2. The van der Waals surface area contributed by atoms with Gasteiger partial charge < -0.3 is 10.2 Å². The standard InChI is InChI=1S/C22H24N4O3/c1-15-8-7-9-16(2)21(15)23-19(27)14-25(3)22(29)18-12-13-20(28)26(24-18)17-10-5-4-6-11-17/h4-11H,12-14H2,1-3H3,(H,23,27). The maximum absolute atomic E-state index is 12.8. The van der Waals surface area contributed by atoms with Crippen LogP contribution in [0.1, 0.15) is 24.0 Å². The third-order valence-corrected chi connectivity index (χ3v) is 4.75. The number of anilines is 2. The molecule has 29 heavy (non-hydrogen) atoms. The minimum absolute atomic E-state index is 0.106. The highest BCUT2D eigenvalue weighted by Gasteiger charge is 2.27. The first-order valence-electron chi connectivity index (χ1n) is 9.44. The quantitative estimate of drug-likeness (QED) is 0.849. The second-order valence-electron chi connectivity index (χ2n) is 7.06. The van der Waals surface area contributed by atoms with E-state index in [1.165, 1.54) is 9.91 Å². The molecular weight excluding hydrogens is 368 g/mol. The van der Waals surface area contributed by atoms with E-state index in [4.69, 9.17) is 0 Å². The van der Waals surface area contributed by atoms with Crippen LogP contribution < -0.4 is 10.3 Å². The van der Waals surface area contributed by atoms with Gasteiger partial charge in [0.25, 0.3) is 5.91 Å². The normalized spacial score (nSPS) is 13.7. The average Bonchev–Trinajstić information content (AvgIpc) is 2.71. The summed E-state index contributed by atoms with van der Waals surface area (Å²) in [5.41, 5.74) is 3.55. The first-order valence-corrected chi connectivity index (χ1v) is 9.44. The van der Waals surface area contributed by atoms with E-state index in [1.807, 2.05) is 38.1 Å². The van der Waals surface area contributed by atoms with Crippen LogP contribution in [0.25, 0.3) is 0 Å². The highest BCUT2D eigenvalue weighted by atomic mass is 16.2. The Bertz CT molecular complexity index is 949. The molecule has 3 amide bonds. The number of hydrazone groups is 1.